The van der Waals surface area contributed by atoms with E-state index in [9.17, 15) is 19.5 Å². The number of hydrogen-bond acceptors (Lipinski definition) is 4. The van der Waals surface area contributed by atoms with E-state index < -0.39 is 23.8 Å². The fourth-order valence-corrected chi connectivity index (χ4v) is 4.38. The van der Waals surface area contributed by atoms with Crippen molar-refractivity contribution in [3.63, 3.8) is 0 Å². The van der Waals surface area contributed by atoms with E-state index in [0.29, 0.717) is 10.7 Å². The quantitative estimate of drug-likeness (QED) is 0.643. The maximum Gasteiger partial charge on any atom is 0.247 e. The molecule has 0 unspecified atom stereocenters. The van der Waals surface area contributed by atoms with Crippen LogP contribution in [0.1, 0.15) is 6.92 Å². The third-order valence-corrected chi connectivity index (χ3v) is 5.80. The van der Waals surface area contributed by atoms with E-state index in [4.69, 9.17) is 11.6 Å². The molecule has 150 valence electrons. The molecular formula is C20H24ClN3O4. The third kappa shape index (κ3) is 3.64. The zero-order chi connectivity index (χ0) is 20.4. The Morgan fingerprint density at radius 2 is 1.86 bits per heavy atom. The molecule has 1 aliphatic carbocycles. The number of aliphatic hydroxyl groups is 1. The topological polar surface area (TPSA) is 98.7 Å². The Labute approximate surface area is 168 Å². The number of halogens is 1. The number of nitrogens with zero attached hydrogens (tertiary/aromatic N) is 1. The molecule has 0 aromatic heterocycles. The van der Waals surface area contributed by atoms with Crippen molar-refractivity contribution in [1.29, 1.82) is 0 Å². The molecule has 8 heteroatoms. The van der Waals surface area contributed by atoms with Crippen molar-refractivity contribution >= 4 is 35.0 Å². The van der Waals surface area contributed by atoms with Gasteiger partial charge in [-0.3, -0.25) is 14.4 Å². The minimum atomic E-state index is -0.795. The summed E-state index contributed by atoms with van der Waals surface area (Å²) in [5.41, 5.74) is 0.560. The van der Waals surface area contributed by atoms with Crippen LogP contribution in [0.3, 0.4) is 0 Å². The highest BCUT2D eigenvalue weighted by Gasteiger charge is 2.56. The fraction of sp³-hybridized carbons (Fsp3) is 0.450. The van der Waals surface area contributed by atoms with Gasteiger partial charge >= 0.3 is 0 Å². The third-order valence-electron chi connectivity index (χ3n) is 5.54. The molecule has 0 saturated carbocycles. The number of likely N-dealkylation sites (tertiary alicyclic amines) is 1. The highest BCUT2D eigenvalue weighted by atomic mass is 35.5. The van der Waals surface area contributed by atoms with Crippen LogP contribution >= 0.6 is 11.6 Å². The van der Waals surface area contributed by atoms with Gasteiger partial charge in [0.1, 0.15) is 6.04 Å². The standard InChI is InChI=1S/C20H24ClN3O4/c1-11-3-8-14-16(15(11)18(26)22-2)20(28)24(9-10-25)17(14)19(27)23-13-6-4-12(21)5-7-13/h3-8,11,14-17,25H,9-10H2,1-2H3,(H,22,26)(H,23,27)/t11-,14+,15-,16+,17+/m1/s1. The zero-order valence-corrected chi connectivity index (χ0v) is 16.5. The largest absolute Gasteiger partial charge is 0.395 e. The summed E-state index contributed by atoms with van der Waals surface area (Å²) in [7, 11) is 1.54. The smallest absolute Gasteiger partial charge is 0.247 e. The van der Waals surface area contributed by atoms with Gasteiger partial charge < -0.3 is 20.6 Å². The summed E-state index contributed by atoms with van der Waals surface area (Å²) < 4.78 is 0. The molecule has 3 rings (SSSR count). The zero-order valence-electron chi connectivity index (χ0n) is 15.8. The fourth-order valence-electron chi connectivity index (χ4n) is 4.26. The van der Waals surface area contributed by atoms with Crippen LogP contribution in [0.4, 0.5) is 5.69 Å². The Morgan fingerprint density at radius 3 is 2.46 bits per heavy atom. The highest BCUT2D eigenvalue weighted by Crippen LogP contribution is 2.44. The van der Waals surface area contributed by atoms with E-state index in [1.165, 1.54) is 11.9 Å². The summed E-state index contributed by atoms with van der Waals surface area (Å²) in [6, 6.07) is 5.88. The van der Waals surface area contributed by atoms with Crippen LogP contribution in [0.25, 0.3) is 0 Å². The molecule has 7 nitrogen and oxygen atoms in total. The molecule has 2 aliphatic rings. The predicted octanol–water partition coefficient (Wildman–Crippen LogP) is 1.28. The summed E-state index contributed by atoms with van der Waals surface area (Å²) in [6.07, 6.45) is 3.75. The van der Waals surface area contributed by atoms with Crippen molar-refractivity contribution in [3.05, 3.63) is 41.4 Å². The molecule has 0 spiro atoms. The van der Waals surface area contributed by atoms with Crippen LogP contribution in [0.5, 0.6) is 0 Å². The number of β-amino-alcohol motifs (C(OH)–C–C–N with tert-alkyl or cyclic N) is 1. The van der Waals surface area contributed by atoms with Gasteiger partial charge in [-0.05, 0) is 30.2 Å². The van der Waals surface area contributed by atoms with Gasteiger partial charge in [0.05, 0.1) is 18.4 Å². The number of aliphatic hydroxyl groups excluding tert-OH is 1. The van der Waals surface area contributed by atoms with Crippen LogP contribution < -0.4 is 10.6 Å². The van der Waals surface area contributed by atoms with Crippen molar-refractivity contribution in [2.75, 3.05) is 25.5 Å². The number of anilines is 1. The molecule has 0 radical (unpaired) electrons. The van der Waals surface area contributed by atoms with Gasteiger partial charge in [0, 0.05) is 30.2 Å². The van der Waals surface area contributed by atoms with Gasteiger partial charge in [-0.15, -0.1) is 0 Å². The molecule has 1 saturated heterocycles. The van der Waals surface area contributed by atoms with Crippen LogP contribution in [-0.4, -0.2) is 54.0 Å². The van der Waals surface area contributed by atoms with Gasteiger partial charge in [0.25, 0.3) is 0 Å². The van der Waals surface area contributed by atoms with E-state index in [1.54, 1.807) is 24.3 Å². The number of benzene rings is 1. The molecular weight excluding hydrogens is 382 g/mol. The van der Waals surface area contributed by atoms with Crippen LogP contribution in [0, 0.1) is 23.7 Å². The van der Waals surface area contributed by atoms with Crippen LogP contribution in [-0.2, 0) is 14.4 Å². The molecule has 0 bridgehead atoms. The molecule has 5 atom stereocenters. The Hall–Kier alpha value is -2.38. The number of carbonyl (C=O) groups excluding carboxylic acids is 3. The van der Waals surface area contributed by atoms with E-state index in [-0.39, 0.29) is 36.8 Å². The maximum absolute atomic E-state index is 13.1. The number of nitrogens with one attached hydrogen (secondary N) is 2. The average molecular weight is 406 g/mol. The van der Waals surface area contributed by atoms with Crippen LogP contribution in [0.15, 0.2) is 36.4 Å². The summed E-state index contributed by atoms with van der Waals surface area (Å²) in [6.45, 7) is 1.66. The normalized spacial score (nSPS) is 28.8. The van der Waals surface area contributed by atoms with Gasteiger partial charge in [0.15, 0.2) is 0 Å². The van der Waals surface area contributed by atoms with E-state index in [1.807, 2.05) is 19.1 Å². The predicted molar refractivity (Wildman–Crippen MR) is 106 cm³/mol. The minimum absolute atomic E-state index is 0.0349. The van der Waals surface area contributed by atoms with Crippen molar-refractivity contribution in [2.45, 2.75) is 13.0 Å². The van der Waals surface area contributed by atoms with E-state index >= 15 is 0 Å². The molecule has 1 heterocycles. The number of allylic oxidation sites excluding steroid dienone is 1. The Balaban J connectivity index is 1.93. The lowest BCUT2D eigenvalue weighted by Crippen LogP contribution is -2.45. The van der Waals surface area contributed by atoms with Gasteiger partial charge in [-0.2, -0.15) is 0 Å². The first-order valence-corrected chi connectivity index (χ1v) is 9.64. The first kappa shape index (κ1) is 20.4. The van der Waals surface area contributed by atoms with Crippen LogP contribution in [0.2, 0.25) is 5.02 Å². The Kier molecular flexibility index (Phi) is 6.05. The van der Waals surface area contributed by atoms with E-state index in [0.717, 1.165) is 0 Å². The SMILES string of the molecule is CNC(=O)[C@H]1[C@H]2C(=O)N(CCO)[C@H](C(=O)Nc3ccc(Cl)cc3)[C@H]2C=C[C@H]1C. The molecule has 1 aromatic carbocycles. The molecule has 1 aliphatic heterocycles. The molecule has 1 aromatic rings. The second kappa shape index (κ2) is 8.32. The summed E-state index contributed by atoms with van der Waals surface area (Å²) in [5.74, 6) is -2.60. The number of fused-ring (bicyclic) bond motifs is 1. The van der Waals surface area contributed by atoms with Crippen molar-refractivity contribution in [3.8, 4) is 0 Å². The summed E-state index contributed by atoms with van der Waals surface area (Å²) in [4.78, 5) is 40.0. The summed E-state index contributed by atoms with van der Waals surface area (Å²) in [5, 5.41) is 15.4. The maximum atomic E-state index is 13.1. The first-order valence-electron chi connectivity index (χ1n) is 9.26. The lowest BCUT2D eigenvalue weighted by molar-refractivity contribution is -0.140. The molecule has 28 heavy (non-hydrogen) atoms. The van der Waals surface area contributed by atoms with E-state index in [2.05, 4.69) is 10.6 Å². The average Bonchev–Trinajstić information content (AvgIpc) is 2.95. The Bertz CT molecular complexity index is 795. The number of hydrogen-bond donors (Lipinski definition) is 3. The second-order valence-corrected chi connectivity index (χ2v) is 7.62. The number of carbonyl (C=O) groups is 3. The monoisotopic (exact) mass is 405 g/mol. The van der Waals surface area contributed by atoms with Crippen molar-refractivity contribution in [1.82, 2.24) is 10.2 Å². The molecule has 1 fully saturated rings. The van der Waals surface area contributed by atoms with Crippen molar-refractivity contribution < 1.29 is 19.5 Å². The lowest BCUT2D eigenvalue weighted by atomic mass is 9.70. The number of rotatable bonds is 5. The highest BCUT2D eigenvalue weighted by molar-refractivity contribution is 6.30. The minimum Gasteiger partial charge on any atom is -0.395 e. The Morgan fingerprint density at radius 1 is 1.18 bits per heavy atom. The molecule has 3 N–H and O–H groups in total. The number of amides is 3. The van der Waals surface area contributed by atoms with Gasteiger partial charge in [-0.1, -0.05) is 30.7 Å². The van der Waals surface area contributed by atoms with Gasteiger partial charge in [0.2, 0.25) is 17.7 Å². The second-order valence-electron chi connectivity index (χ2n) is 7.18. The first-order chi connectivity index (χ1) is 13.4. The van der Waals surface area contributed by atoms with Crippen molar-refractivity contribution in [2.24, 2.45) is 23.7 Å². The van der Waals surface area contributed by atoms with Gasteiger partial charge in [-0.25, -0.2) is 0 Å². The summed E-state index contributed by atoms with van der Waals surface area (Å²) >= 11 is 5.88. The molecule has 3 amide bonds. The lowest BCUT2D eigenvalue weighted by Gasteiger charge is -2.32.